The second kappa shape index (κ2) is 10.3. The predicted molar refractivity (Wildman–Crippen MR) is 125 cm³/mol. The number of thiazole rings is 1. The molecule has 2 aromatic carbocycles. The van der Waals surface area contributed by atoms with E-state index < -0.39 is 0 Å². The van der Waals surface area contributed by atoms with Gasteiger partial charge in [-0.1, -0.05) is 23.7 Å². The van der Waals surface area contributed by atoms with Crippen LogP contribution in [0.2, 0.25) is 5.02 Å². The first-order valence-corrected chi connectivity index (χ1v) is 11.1. The molecule has 32 heavy (non-hydrogen) atoms. The molecule has 0 aliphatic carbocycles. The molecule has 4 rings (SSSR count). The summed E-state index contributed by atoms with van der Waals surface area (Å²) in [5.74, 6) is 0.829. The number of aromatic nitrogens is 2. The summed E-state index contributed by atoms with van der Waals surface area (Å²) >= 11 is 7.41. The van der Waals surface area contributed by atoms with Crippen LogP contribution in [0.5, 0.6) is 11.5 Å². The summed E-state index contributed by atoms with van der Waals surface area (Å²) in [6, 6.07) is 16.3. The van der Waals surface area contributed by atoms with E-state index in [9.17, 15) is 4.79 Å². The van der Waals surface area contributed by atoms with Gasteiger partial charge in [-0.3, -0.25) is 9.78 Å². The van der Waals surface area contributed by atoms with E-state index >= 15 is 0 Å². The van der Waals surface area contributed by atoms with Gasteiger partial charge in [-0.05, 0) is 48.0 Å². The summed E-state index contributed by atoms with van der Waals surface area (Å²) in [6.45, 7) is 0.703. The van der Waals surface area contributed by atoms with Crippen molar-refractivity contribution in [2.24, 2.45) is 0 Å². The van der Waals surface area contributed by atoms with Crippen LogP contribution < -0.4 is 14.8 Å². The minimum atomic E-state index is -0.215. The number of amides is 1. The highest BCUT2D eigenvalue weighted by Crippen LogP contribution is 2.29. The third-order valence-corrected chi connectivity index (χ3v) is 5.76. The summed E-state index contributed by atoms with van der Waals surface area (Å²) in [5, 5.41) is 6.36. The smallest absolute Gasteiger partial charge is 0.251 e. The van der Waals surface area contributed by atoms with Crippen molar-refractivity contribution in [3.05, 3.63) is 93.5 Å². The monoisotopic (exact) mass is 465 g/mol. The predicted octanol–water partition coefficient (Wildman–Crippen LogP) is 5.38. The molecule has 6 nitrogen and oxygen atoms in total. The van der Waals surface area contributed by atoms with E-state index in [4.69, 9.17) is 21.1 Å². The number of hydrogen-bond acceptors (Lipinski definition) is 6. The fraction of sp³-hybridized carbons (Fsp3) is 0.125. The molecule has 2 heterocycles. The highest BCUT2D eigenvalue weighted by Gasteiger charge is 2.13. The average molecular weight is 466 g/mol. The fourth-order valence-corrected chi connectivity index (χ4v) is 3.84. The summed E-state index contributed by atoms with van der Waals surface area (Å²) in [5.41, 5.74) is 3.32. The normalized spacial score (nSPS) is 10.6. The second-order valence-corrected chi connectivity index (χ2v) is 8.20. The molecular formula is C24H20ClN3O3S. The second-order valence-electron chi connectivity index (χ2n) is 6.83. The highest BCUT2D eigenvalue weighted by molar-refractivity contribution is 7.09. The van der Waals surface area contributed by atoms with E-state index in [1.807, 2.05) is 41.8 Å². The molecule has 8 heteroatoms. The Morgan fingerprint density at radius 1 is 1.06 bits per heavy atom. The molecule has 0 saturated carbocycles. The van der Waals surface area contributed by atoms with Gasteiger partial charge in [0.1, 0.15) is 11.6 Å². The van der Waals surface area contributed by atoms with E-state index in [1.165, 1.54) is 11.3 Å². The summed E-state index contributed by atoms with van der Waals surface area (Å²) < 4.78 is 11.3. The SMILES string of the molecule is COc1cc(C(=O)NCc2nc(-c3ccncc3)cs2)ccc1OCc1ccc(Cl)cc1. The molecule has 0 atom stereocenters. The number of rotatable bonds is 8. The average Bonchev–Trinajstić information content (AvgIpc) is 3.32. The number of halogens is 1. The van der Waals surface area contributed by atoms with E-state index in [-0.39, 0.29) is 5.91 Å². The molecule has 1 amide bonds. The zero-order valence-electron chi connectivity index (χ0n) is 17.2. The van der Waals surface area contributed by atoms with Crippen molar-refractivity contribution in [3.8, 4) is 22.8 Å². The fourth-order valence-electron chi connectivity index (χ4n) is 2.98. The Bertz CT molecular complexity index is 1200. The van der Waals surface area contributed by atoms with Gasteiger partial charge < -0.3 is 14.8 Å². The van der Waals surface area contributed by atoms with Gasteiger partial charge in [-0.15, -0.1) is 11.3 Å². The number of ether oxygens (including phenoxy) is 2. The lowest BCUT2D eigenvalue weighted by atomic mass is 10.2. The van der Waals surface area contributed by atoms with Crippen LogP contribution in [-0.2, 0) is 13.2 Å². The topological polar surface area (TPSA) is 73.3 Å². The van der Waals surface area contributed by atoms with Gasteiger partial charge in [0.15, 0.2) is 11.5 Å². The van der Waals surface area contributed by atoms with E-state index in [0.29, 0.717) is 35.2 Å². The van der Waals surface area contributed by atoms with Crippen LogP contribution in [0, 0.1) is 0 Å². The van der Waals surface area contributed by atoms with Crippen LogP contribution in [0.3, 0.4) is 0 Å². The van der Waals surface area contributed by atoms with Crippen LogP contribution >= 0.6 is 22.9 Å². The number of carbonyl (C=O) groups is 1. The van der Waals surface area contributed by atoms with Gasteiger partial charge in [0.2, 0.25) is 0 Å². The van der Waals surface area contributed by atoms with Crippen LogP contribution in [0.4, 0.5) is 0 Å². The highest BCUT2D eigenvalue weighted by atomic mass is 35.5. The molecule has 0 radical (unpaired) electrons. The third-order valence-electron chi connectivity index (χ3n) is 4.66. The minimum absolute atomic E-state index is 0.215. The van der Waals surface area contributed by atoms with Gasteiger partial charge in [0.05, 0.1) is 19.3 Å². The van der Waals surface area contributed by atoms with Crippen molar-refractivity contribution >= 4 is 28.8 Å². The molecule has 0 unspecified atom stereocenters. The summed E-state index contributed by atoms with van der Waals surface area (Å²) in [6.07, 6.45) is 3.46. The van der Waals surface area contributed by atoms with Gasteiger partial charge >= 0.3 is 0 Å². The van der Waals surface area contributed by atoms with Crippen molar-refractivity contribution in [1.82, 2.24) is 15.3 Å². The quantitative estimate of drug-likeness (QED) is 0.378. The Morgan fingerprint density at radius 2 is 1.84 bits per heavy atom. The van der Waals surface area contributed by atoms with Crippen molar-refractivity contribution in [3.63, 3.8) is 0 Å². The largest absolute Gasteiger partial charge is 0.493 e. The molecule has 0 bridgehead atoms. The van der Waals surface area contributed by atoms with Crippen molar-refractivity contribution in [2.45, 2.75) is 13.2 Å². The standard InChI is InChI=1S/C24H20ClN3O3S/c1-30-22-12-18(4-7-21(22)31-14-16-2-5-19(25)6-3-16)24(29)27-13-23-28-20(15-32-23)17-8-10-26-11-9-17/h2-12,15H,13-14H2,1H3,(H,27,29). The van der Waals surface area contributed by atoms with Crippen molar-refractivity contribution < 1.29 is 14.3 Å². The Balaban J connectivity index is 1.37. The van der Waals surface area contributed by atoms with E-state index in [2.05, 4.69) is 15.3 Å². The molecule has 0 spiro atoms. The molecule has 162 valence electrons. The number of hydrogen-bond donors (Lipinski definition) is 1. The molecule has 0 aliphatic rings. The van der Waals surface area contributed by atoms with Crippen molar-refractivity contribution in [2.75, 3.05) is 7.11 Å². The van der Waals surface area contributed by atoms with Gasteiger partial charge in [0.25, 0.3) is 5.91 Å². The number of pyridine rings is 1. The van der Waals surface area contributed by atoms with E-state index in [1.54, 1.807) is 37.7 Å². The molecule has 0 saturated heterocycles. The Hall–Kier alpha value is -3.42. The maximum absolute atomic E-state index is 12.6. The third kappa shape index (κ3) is 5.43. The van der Waals surface area contributed by atoms with Gasteiger partial charge in [-0.2, -0.15) is 0 Å². The molecule has 2 aromatic heterocycles. The lowest BCUT2D eigenvalue weighted by Crippen LogP contribution is -2.22. The molecule has 0 aliphatic heterocycles. The lowest BCUT2D eigenvalue weighted by molar-refractivity contribution is 0.0950. The molecule has 4 aromatic rings. The summed E-state index contributed by atoms with van der Waals surface area (Å²) in [7, 11) is 1.54. The van der Waals surface area contributed by atoms with Gasteiger partial charge in [0, 0.05) is 33.9 Å². The maximum atomic E-state index is 12.6. The summed E-state index contributed by atoms with van der Waals surface area (Å²) in [4.78, 5) is 21.2. The van der Waals surface area contributed by atoms with Crippen molar-refractivity contribution in [1.29, 1.82) is 0 Å². The maximum Gasteiger partial charge on any atom is 0.251 e. The van der Waals surface area contributed by atoms with Crippen LogP contribution in [0.15, 0.2) is 72.4 Å². The van der Waals surface area contributed by atoms with Crippen LogP contribution in [-0.4, -0.2) is 23.0 Å². The number of nitrogens with zero attached hydrogens (tertiary/aromatic N) is 2. The van der Waals surface area contributed by atoms with Gasteiger partial charge in [-0.25, -0.2) is 4.98 Å². The van der Waals surface area contributed by atoms with Crippen LogP contribution in [0.25, 0.3) is 11.3 Å². The first-order chi connectivity index (χ1) is 15.6. The Kier molecular flexibility index (Phi) is 6.99. The number of methoxy groups -OCH3 is 1. The first kappa shape index (κ1) is 21.8. The number of carbonyl (C=O) groups excluding carboxylic acids is 1. The molecule has 1 N–H and O–H groups in total. The number of nitrogens with one attached hydrogen (secondary N) is 1. The van der Waals surface area contributed by atoms with E-state index in [0.717, 1.165) is 21.8 Å². The minimum Gasteiger partial charge on any atom is -0.493 e. The van der Waals surface area contributed by atoms with Crippen LogP contribution in [0.1, 0.15) is 20.9 Å². The zero-order chi connectivity index (χ0) is 22.3. The number of benzene rings is 2. The Labute approximate surface area is 194 Å². The zero-order valence-corrected chi connectivity index (χ0v) is 18.8. The molecule has 0 fully saturated rings. The lowest BCUT2D eigenvalue weighted by Gasteiger charge is -2.12. The molecular weight excluding hydrogens is 446 g/mol. The Morgan fingerprint density at radius 3 is 2.59 bits per heavy atom. The first-order valence-electron chi connectivity index (χ1n) is 9.80.